The van der Waals surface area contributed by atoms with E-state index in [0.29, 0.717) is 42.0 Å². The Morgan fingerprint density at radius 2 is 2.17 bits per heavy atom. The number of alkyl halides is 3. The number of pyridine rings is 1. The molecule has 0 aromatic carbocycles. The lowest BCUT2D eigenvalue weighted by Crippen LogP contribution is -2.39. The minimum atomic E-state index is -4.48. The smallest absolute Gasteiger partial charge is 0.360 e. The van der Waals surface area contributed by atoms with E-state index in [1.54, 1.807) is 17.9 Å². The molecule has 0 unspecified atom stereocenters. The fourth-order valence-corrected chi connectivity index (χ4v) is 3.91. The Labute approximate surface area is 165 Å². The largest absolute Gasteiger partial charge is 0.433 e. The summed E-state index contributed by atoms with van der Waals surface area (Å²) in [4.78, 5) is 21.7. The number of aryl methyl sites for hydroxylation is 2. The number of nitrogens with zero attached hydrogens (tertiary/aromatic N) is 3. The number of amides is 1. The van der Waals surface area contributed by atoms with E-state index >= 15 is 0 Å². The Bertz CT molecular complexity index is 1050. The van der Waals surface area contributed by atoms with E-state index in [9.17, 15) is 18.0 Å². The summed E-state index contributed by atoms with van der Waals surface area (Å²) in [7, 11) is 0. The maximum atomic E-state index is 13.0. The fraction of sp³-hybridized carbons (Fsp3) is 0.450. The molecule has 154 valence electrons. The summed E-state index contributed by atoms with van der Waals surface area (Å²) in [5.74, 6) is 0.462. The molecule has 1 N–H and O–H groups in total. The lowest BCUT2D eigenvalue weighted by atomic mass is 9.94. The van der Waals surface area contributed by atoms with Crippen LogP contribution < -0.4 is 0 Å². The van der Waals surface area contributed by atoms with Crippen LogP contribution in [0.2, 0.25) is 0 Å². The molecule has 0 spiro atoms. The standard InChI is InChI=1S/C20H21F3N4O2/c1-3-16-18(11(2)26-29-16)19(28)27-8-4-5-12(10-27)14-9-15-13(24-14)6-7-17(25-15)20(21,22)23/h6-7,9,12,24H,3-5,8,10H2,1-2H3/t12-/m0/s1. The molecule has 1 amide bonds. The van der Waals surface area contributed by atoms with E-state index < -0.39 is 11.9 Å². The second kappa shape index (κ2) is 7.20. The topological polar surface area (TPSA) is 75.0 Å². The van der Waals surface area contributed by atoms with E-state index in [2.05, 4.69) is 15.1 Å². The molecule has 1 saturated heterocycles. The molecule has 3 aromatic heterocycles. The van der Waals surface area contributed by atoms with Crippen molar-refractivity contribution in [3.8, 4) is 0 Å². The van der Waals surface area contributed by atoms with Crippen LogP contribution in [-0.4, -0.2) is 39.0 Å². The van der Waals surface area contributed by atoms with Crippen LogP contribution in [0.15, 0.2) is 22.7 Å². The monoisotopic (exact) mass is 406 g/mol. The molecule has 6 nitrogen and oxygen atoms in total. The summed E-state index contributed by atoms with van der Waals surface area (Å²) >= 11 is 0. The highest BCUT2D eigenvalue weighted by Gasteiger charge is 2.33. The van der Waals surface area contributed by atoms with E-state index in [-0.39, 0.29) is 17.3 Å². The highest BCUT2D eigenvalue weighted by Crippen LogP contribution is 2.32. The van der Waals surface area contributed by atoms with Crippen LogP contribution in [-0.2, 0) is 12.6 Å². The van der Waals surface area contributed by atoms with Gasteiger partial charge in [0.2, 0.25) is 0 Å². The normalized spacial score (nSPS) is 17.8. The molecule has 0 aliphatic carbocycles. The Morgan fingerprint density at radius 1 is 1.38 bits per heavy atom. The molecule has 29 heavy (non-hydrogen) atoms. The summed E-state index contributed by atoms with van der Waals surface area (Å²) in [6.45, 7) is 4.76. The average molecular weight is 406 g/mol. The van der Waals surface area contributed by atoms with Crippen molar-refractivity contribution < 1.29 is 22.5 Å². The van der Waals surface area contributed by atoms with Gasteiger partial charge in [-0.15, -0.1) is 0 Å². The van der Waals surface area contributed by atoms with Crippen LogP contribution >= 0.6 is 0 Å². The Kier molecular flexibility index (Phi) is 4.84. The van der Waals surface area contributed by atoms with E-state index in [4.69, 9.17) is 4.52 Å². The van der Waals surface area contributed by atoms with Crippen LogP contribution in [0.25, 0.3) is 11.0 Å². The predicted molar refractivity (Wildman–Crippen MR) is 99.6 cm³/mol. The molecule has 1 aliphatic heterocycles. The third kappa shape index (κ3) is 3.61. The van der Waals surface area contributed by atoms with Gasteiger partial charge >= 0.3 is 6.18 Å². The summed E-state index contributed by atoms with van der Waals surface area (Å²) in [5, 5.41) is 3.91. The third-order valence-electron chi connectivity index (χ3n) is 5.40. The van der Waals surface area contributed by atoms with Gasteiger partial charge in [-0.2, -0.15) is 13.2 Å². The van der Waals surface area contributed by atoms with Gasteiger partial charge in [0, 0.05) is 31.1 Å². The molecule has 0 bridgehead atoms. The molecule has 3 aromatic rings. The van der Waals surface area contributed by atoms with Gasteiger partial charge < -0.3 is 14.4 Å². The number of H-pyrrole nitrogens is 1. The summed E-state index contributed by atoms with van der Waals surface area (Å²) in [6, 6.07) is 4.03. The third-order valence-corrected chi connectivity index (χ3v) is 5.40. The van der Waals surface area contributed by atoms with Crippen LogP contribution in [0.4, 0.5) is 13.2 Å². The average Bonchev–Trinajstić information content (AvgIpc) is 3.29. The second-order valence-electron chi connectivity index (χ2n) is 7.36. The summed E-state index contributed by atoms with van der Waals surface area (Å²) in [5.41, 5.74) is 1.80. The van der Waals surface area contributed by atoms with Gasteiger partial charge in [-0.05, 0) is 38.0 Å². The van der Waals surface area contributed by atoms with Gasteiger partial charge in [-0.1, -0.05) is 12.1 Å². The number of piperidine rings is 1. The molecule has 0 radical (unpaired) electrons. The van der Waals surface area contributed by atoms with Gasteiger partial charge in [0.05, 0.1) is 16.7 Å². The number of halogens is 3. The quantitative estimate of drug-likeness (QED) is 0.697. The van der Waals surface area contributed by atoms with Crippen molar-refractivity contribution in [2.45, 2.75) is 45.2 Å². The lowest BCUT2D eigenvalue weighted by molar-refractivity contribution is -0.140. The Morgan fingerprint density at radius 3 is 2.90 bits per heavy atom. The number of likely N-dealkylation sites (tertiary alicyclic amines) is 1. The van der Waals surface area contributed by atoms with E-state index in [0.717, 1.165) is 24.6 Å². The number of aromatic amines is 1. The molecule has 1 fully saturated rings. The van der Waals surface area contributed by atoms with Gasteiger partial charge in [0.1, 0.15) is 17.0 Å². The van der Waals surface area contributed by atoms with Gasteiger partial charge in [0.25, 0.3) is 5.91 Å². The van der Waals surface area contributed by atoms with E-state index in [1.807, 2.05) is 6.92 Å². The first-order valence-corrected chi connectivity index (χ1v) is 9.59. The summed E-state index contributed by atoms with van der Waals surface area (Å²) < 4.78 is 44.0. The zero-order chi connectivity index (χ0) is 20.8. The Balaban J connectivity index is 1.58. The highest BCUT2D eigenvalue weighted by atomic mass is 19.4. The van der Waals surface area contributed by atoms with Crippen molar-refractivity contribution in [1.82, 2.24) is 20.0 Å². The first-order valence-electron chi connectivity index (χ1n) is 9.59. The lowest BCUT2D eigenvalue weighted by Gasteiger charge is -2.32. The number of carbonyl (C=O) groups is 1. The van der Waals surface area contributed by atoms with Crippen molar-refractivity contribution in [1.29, 1.82) is 0 Å². The zero-order valence-electron chi connectivity index (χ0n) is 16.1. The summed E-state index contributed by atoms with van der Waals surface area (Å²) in [6.07, 6.45) is -2.26. The van der Waals surface area contributed by atoms with Crippen molar-refractivity contribution in [2.24, 2.45) is 0 Å². The number of nitrogens with one attached hydrogen (secondary N) is 1. The first kappa shape index (κ1) is 19.5. The molecular formula is C20H21F3N4O2. The van der Waals surface area contributed by atoms with Crippen molar-refractivity contribution in [2.75, 3.05) is 13.1 Å². The number of rotatable bonds is 3. The molecule has 0 saturated carbocycles. The Hall–Kier alpha value is -2.84. The minimum Gasteiger partial charge on any atom is -0.360 e. The van der Waals surface area contributed by atoms with Gasteiger partial charge in [0.15, 0.2) is 0 Å². The highest BCUT2D eigenvalue weighted by molar-refractivity contribution is 5.96. The number of aromatic nitrogens is 3. The second-order valence-corrected chi connectivity index (χ2v) is 7.36. The first-order chi connectivity index (χ1) is 13.8. The zero-order valence-corrected chi connectivity index (χ0v) is 16.1. The number of fused-ring (bicyclic) bond motifs is 1. The van der Waals surface area contributed by atoms with Gasteiger partial charge in [-0.3, -0.25) is 4.79 Å². The van der Waals surface area contributed by atoms with Gasteiger partial charge in [-0.25, -0.2) is 4.98 Å². The molecule has 4 rings (SSSR count). The van der Waals surface area contributed by atoms with Crippen LogP contribution in [0.5, 0.6) is 0 Å². The number of hydrogen-bond donors (Lipinski definition) is 1. The van der Waals surface area contributed by atoms with Crippen LogP contribution in [0.1, 0.15) is 58.9 Å². The number of carbonyl (C=O) groups excluding carboxylic acids is 1. The maximum absolute atomic E-state index is 13.0. The maximum Gasteiger partial charge on any atom is 0.433 e. The van der Waals surface area contributed by atoms with Crippen molar-refractivity contribution in [3.63, 3.8) is 0 Å². The minimum absolute atomic E-state index is 0.00137. The van der Waals surface area contributed by atoms with E-state index in [1.165, 1.54) is 6.07 Å². The van der Waals surface area contributed by atoms with Crippen molar-refractivity contribution >= 4 is 16.9 Å². The van der Waals surface area contributed by atoms with Crippen molar-refractivity contribution in [3.05, 3.63) is 46.6 Å². The SMILES string of the molecule is CCc1onc(C)c1C(=O)N1CCC[C@H](c2cc3nc(C(F)(F)F)ccc3[nH]2)C1. The molecule has 1 atom stereocenters. The fourth-order valence-electron chi connectivity index (χ4n) is 3.91. The molecule has 4 heterocycles. The van der Waals surface area contributed by atoms with Crippen LogP contribution in [0, 0.1) is 6.92 Å². The molecule has 9 heteroatoms. The van der Waals surface area contributed by atoms with Crippen LogP contribution in [0.3, 0.4) is 0 Å². The molecular weight excluding hydrogens is 385 g/mol. The molecule has 1 aliphatic rings. The number of hydrogen-bond acceptors (Lipinski definition) is 4. The predicted octanol–water partition coefficient (Wildman–Crippen LogP) is 4.46.